The number of ether oxygens (including phenoxy) is 1. The fourth-order valence-electron chi connectivity index (χ4n) is 2.65. The van der Waals surface area contributed by atoms with Gasteiger partial charge in [0.05, 0.1) is 13.3 Å². The zero-order valence-electron chi connectivity index (χ0n) is 15.5. The van der Waals surface area contributed by atoms with E-state index in [1.165, 1.54) is 0 Å². The lowest BCUT2D eigenvalue weighted by atomic mass is 10.1. The molecule has 0 unspecified atom stereocenters. The SMILES string of the molecule is C=CCc1c(C)nc(-c2ccccc2)nc1N/N=C/c1ccc(OC)cc1. The molecule has 1 N–H and O–H groups in total. The molecule has 1 heterocycles. The molecule has 0 amide bonds. The Bertz CT molecular complexity index is 935. The first kappa shape index (κ1) is 18.3. The molecule has 136 valence electrons. The summed E-state index contributed by atoms with van der Waals surface area (Å²) >= 11 is 0. The Morgan fingerprint density at radius 1 is 1.07 bits per heavy atom. The number of allylic oxidation sites excluding steroid dienone is 1. The van der Waals surface area contributed by atoms with Crippen LogP contribution in [-0.2, 0) is 6.42 Å². The molecule has 0 aliphatic heterocycles. The lowest BCUT2D eigenvalue weighted by Crippen LogP contribution is -2.05. The molecule has 0 aliphatic rings. The summed E-state index contributed by atoms with van der Waals surface area (Å²) in [7, 11) is 1.65. The average molecular weight is 358 g/mol. The van der Waals surface area contributed by atoms with Crippen LogP contribution in [-0.4, -0.2) is 23.3 Å². The van der Waals surface area contributed by atoms with Gasteiger partial charge in [-0.1, -0.05) is 36.4 Å². The van der Waals surface area contributed by atoms with Gasteiger partial charge in [0.2, 0.25) is 0 Å². The van der Waals surface area contributed by atoms with E-state index in [1.807, 2.05) is 67.6 Å². The van der Waals surface area contributed by atoms with Gasteiger partial charge >= 0.3 is 0 Å². The minimum absolute atomic E-state index is 0.668. The Morgan fingerprint density at radius 3 is 2.48 bits per heavy atom. The van der Waals surface area contributed by atoms with E-state index in [-0.39, 0.29) is 0 Å². The summed E-state index contributed by atoms with van der Waals surface area (Å²) in [4.78, 5) is 9.32. The van der Waals surface area contributed by atoms with Gasteiger partial charge in [-0.3, -0.25) is 5.43 Å². The van der Waals surface area contributed by atoms with E-state index in [2.05, 4.69) is 27.1 Å². The maximum atomic E-state index is 5.17. The van der Waals surface area contributed by atoms with Gasteiger partial charge in [0.25, 0.3) is 0 Å². The van der Waals surface area contributed by atoms with Crippen molar-refractivity contribution in [2.45, 2.75) is 13.3 Å². The highest BCUT2D eigenvalue weighted by Crippen LogP contribution is 2.23. The third kappa shape index (κ3) is 4.58. The minimum Gasteiger partial charge on any atom is -0.497 e. The Balaban J connectivity index is 1.88. The quantitative estimate of drug-likeness (QED) is 0.380. The van der Waals surface area contributed by atoms with Crippen LogP contribution in [0, 0.1) is 6.92 Å². The number of benzene rings is 2. The fourth-order valence-corrected chi connectivity index (χ4v) is 2.65. The van der Waals surface area contributed by atoms with Gasteiger partial charge in [0.1, 0.15) is 5.75 Å². The second-order valence-corrected chi connectivity index (χ2v) is 5.96. The van der Waals surface area contributed by atoms with Crippen LogP contribution >= 0.6 is 0 Å². The van der Waals surface area contributed by atoms with Crippen molar-refractivity contribution in [1.29, 1.82) is 0 Å². The van der Waals surface area contributed by atoms with E-state index in [4.69, 9.17) is 4.74 Å². The van der Waals surface area contributed by atoms with Gasteiger partial charge in [-0.05, 0) is 43.2 Å². The zero-order valence-corrected chi connectivity index (χ0v) is 15.5. The molecule has 0 atom stereocenters. The minimum atomic E-state index is 0.668. The van der Waals surface area contributed by atoms with Crippen LogP contribution in [0.4, 0.5) is 5.82 Å². The number of aromatic nitrogens is 2. The first-order valence-electron chi connectivity index (χ1n) is 8.68. The Hall–Kier alpha value is -3.47. The first-order chi connectivity index (χ1) is 13.2. The normalized spacial score (nSPS) is 10.7. The first-order valence-corrected chi connectivity index (χ1v) is 8.68. The number of nitrogens with zero attached hydrogens (tertiary/aromatic N) is 3. The Kier molecular flexibility index (Phi) is 5.94. The number of hydrogen-bond acceptors (Lipinski definition) is 5. The van der Waals surface area contributed by atoms with Crippen LogP contribution in [0.15, 0.2) is 72.4 Å². The molecule has 0 aliphatic carbocycles. The molecule has 0 fully saturated rings. The number of methoxy groups -OCH3 is 1. The fraction of sp³-hybridized carbons (Fsp3) is 0.136. The van der Waals surface area contributed by atoms with E-state index in [1.54, 1.807) is 13.3 Å². The molecular formula is C22H22N4O. The number of anilines is 1. The van der Waals surface area contributed by atoms with E-state index in [0.29, 0.717) is 18.1 Å². The van der Waals surface area contributed by atoms with E-state index in [0.717, 1.165) is 28.1 Å². The molecule has 3 aromatic rings. The summed E-state index contributed by atoms with van der Waals surface area (Å²) in [6.07, 6.45) is 4.25. The number of rotatable bonds is 7. The Morgan fingerprint density at radius 2 is 1.81 bits per heavy atom. The van der Waals surface area contributed by atoms with Gasteiger partial charge in [-0.2, -0.15) is 5.10 Å². The maximum Gasteiger partial charge on any atom is 0.161 e. The van der Waals surface area contributed by atoms with E-state index in [9.17, 15) is 0 Å². The van der Waals surface area contributed by atoms with E-state index >= 15 is 0 Å². The average Bonchev–Trinajstić information content (AvgIpc) is 2.71. The standard InChI is InChI=1S/C22H22N4O/c1-4-8-20-16(2)24-21(18-9-6-5-7-10-18)25-22(20)26-23-15-17-11-13-19(27-3)14-12-17/h4-7,9-15H,1,8H2,2-3H3,(H,24,25,26)/b23-15+. The van der Waals surface area contributed by atoms with Crippen LogP contribution in [0.3, 0.4) is 0 Å². The highest BCUT2D eigenvalue weighted by molar-refractivity contribution is 5.80. The molecule has 1 aromatic heterocycles. The van der Waals surface area contributed by atoms with Gasteiger partial charge in [0.15, 0.2) is 11.6 Å². The maximum absolute atomic E-state index is 5.17. The molecule has 0 bridgehead atoms. The van der Waals surface area contributed by atoms with Crippen LogP contribution < -0.4 is 10.2 Å². The predicted molar refractivity (Wildman–Crippen MR) is 110 cm³/mol. The molecule has 0 saturated heterocycles. The lowest BCUT2D eigenvalue weighted by molar-refractivity contribution is 0.415. The summed E-state index contributed by atoms with van der Waals surface area (Å²) in [5, 5.41) is 4.35. The van der Waals surface area contributed by atoms with Crippen molar-refractivity contribution in [3.63, 3.8) is 0 Å². The van der Waals surface area contributed by atoms with Crippen molar-refractivity contribution >= 4 is 12.0 Å². The molecule has 2 aromatic carbocycles. The molecule has 0 spiro atoms. The van der Waals surface area contributed by atoms with Crippen molar-refractivity contribution in [3.8, 4) is 17.1 Å². The van der Waals surface area contributed by atoms with Crippen LogP contribution in [0.5, 0.6) is 5.75 Å². The van der Waals surface area contributed by atoms with Crippen LogP contribution in [0.2, 0.25) is 0 Å². The van der Waals surface area contributed by atoms with Gasteiger partial charge < -0.3 is 4.74 Å². The molecule has 0 radical (unpaired) electrons. The number of hydrogen-bond donors (Lipinski definition) is 1. The molecule has 5 nitrogen and oxygen atoms in total. The van der Waals surface area contributed by atoms with Crippen molar-refractivity contribution in [2.75, 3.05) is 12.5 Å². The monoisotopic (exact) mass is 358 g/mol. The highest BCUT2D eigenvalue weighted by Gasteiger charge is 2.11. The van der Waals surface area contributed by atoms with Crippen molar-refractivity contribution in [3.05, 3.63) is 84.1 Å². The molecule has 3 rings (SSSR count). The summed E-state index contributed by atoms with van der Waals surface area (Å²) < 4.78 is 5.17. The van der Waals surface area contributed by atoms with Gasteiger partial charge in [-0.15, -0.1) is 6.58 Å². The number of hydrazone groups is 1. The van der Waals surface area contributed by atoms with Crippen molar-refractivity contribution in [1.82, 2.24) is 9.97 Å². The molecule has 5 heteroatoms. The van der Waals surface area contributed by atoms with Crippen molar-refractivity contribution in [2.24, 2.45) is 5.10 Å². The van der Waals surface area contributed by atoms with Crippen molar-refractivity contribution < 1.29 is 4.74 Å². The van der Waals surface area contributed by atoms with Crippen LogP contribution in [0.25, 0.3) is 11.4 Å². The number of nitrogens with one attached hydrogen (secondary N) is 1. The summed E-state index contributed by atoms with van der Waals surface area (Å²) in [5.74, 6) is 2.17. The lowest BCUT2D eigenvalue weighted by Gasteiger charge is -2.11. The van der Waals surface area contributed by atoms with E-state index < -0.39 is 0 Å². The molecule has 27 heavy (non-hydrogen) atoms. The molecule has 0 saturated carbocycles. The highest BCUT2D eigenvalue weighted by atomic mass is 16.5. The zero-order chi connectivity index (χ0) is 19.1. The predicted octanol–water partition coefficient (Wildman–Crippen LogP) is 4.64. The third-order valence-corrected chi connectivity index (χ3v) is 4.09. The second-order valence-electron chi connectivity index (χ2n) is 5.96. The summed E-state index contributed by atoms with van der Waals surface area (Å²) in [6, 6.07) is 17.6. The topological polar surface area (TPSA) is 59.4 Å². The summed E-state index contributed by atoms with van der Waals surface area (Å²) in [5.41, 5.74) is 6.88. The van der Waals surface area contributed by atoms with Gasteiger partial charge in [-0.25, -0.2) is 9.97 Å². The number of aryl methyl sites for hydroxylation is 1. The Labute approximate surface area is 159 Å². The smallest absolute Gasteiger partial charge is 0.161 e. The summed E-state index contributed by atoms with van der Waals surface area (Å²) in [6.45, 7) is 5.81. The van der Waals surface area contributed by atoms with Gasteiger partial charge in [0, 0.05) is 16.8 Å². The van der Waals surface area contributed by atoms with Crippen LogP contribution in [0.1, 0.15) is 16.8 Å². The second kappa shape index (κ2) is 8.76. The third-order valence-electron chi connectivity index (χ3n) is 4.09. The molecular weight excluding hydrogens is 336 g/mol. The largest absolute Gasteiger partial charge is 0.497 e.